The van der Waals surface area contributed by atoms with E-state index in [4.69, 9.17) is 4.42 Å². The molecule has 4 aromatic rings. The summed E-state index contributed by atoms with van der Waals surface area (Å²) in [6.45, 7) is 0. The van der Waals surface area contributed by atoms with E-state index in [0.717, 1.165) is 15.5 Å². The Bertz CT molecular complexity index is 1230. The largest absolute Gasteiger partial charge is 0.506 e. The van der Waals surface area contributed by atoms with E-state index < -0.39 is 28.9 Å². The van der Waals surface area contributed by atoms with Gasteiger partial charge in [-0.2, -0.15) is 13.2 Å². The van der Waals surface area contributed by atoms with Gasteiger partial charge >= 0.3 is 11.8 Å². The number of fused-ring (bicyclic) bond motifs is 4. The Kier molecular flexibility index (Phi) is 3.17. The quantitative estimate of drug-likeness (QED) is 0.396. The number of hydrogen-bond donors (Lipinski definition) is 1. The molecule has 0 aliphatic heterocycles. The fourth-order valence-electron chi connectivity index (χ4n) is 2.75. The number of thiophene rings is 1. The smallest absolute Gasteiger partial charge is 0.455 e. The lowest BCUT2D eigenvalue weighted by molar-refractivity contribution is -0.0888. The average Bonchev–Trinajstić information content (AvgIpc) is 2.90. The maximum absolute atomic E-state index is 12.6. The van der Waals surface area contributed by atoms with Crippen LogP contribution in [0.5, 0.6) is 5.75 Å². The molecule has 2 aromatic heterocycles. The summed E-state index contributed by atoms with van der Waals surface area (Å²) in [5, 5.41) is 11.6. The van der Waals surface area contributed by atoms with Crippen LogP contribution in [-0.2, 0) is 0 Å². The first-order chi connectivity index (χ1) is 11.8. The molecule has 0 unspecified atom stereocenters. The van der Waals surface area contributed by atoms with Crippen LogP contribution in [0.25, 0.3) is 31.1 Å². The highest BCUT2D eigenvalue weighted by Gasteiger charge is 2.43. The Balaban J connectivity index is 2.10. The number of Topliss-reactive ketones (excluding diaryl/α,β-unsaturated/α-hetero) is 1. The minimum atomic E-state index is -5.29. The molecule has 8 heteroatoms. The van der Waals surface area contributed by atoms with Crippen LogP contribution in [-0.4, -0.2) is 17.1 Å². The van der Waals surface area contributed by atoms with Gasteiger partial charge in [-0.1, -0.05) is 18.2 Å². The summed E-state index contributed by atoms with van der Waals surface area (Å²) in [5.41, 5.74) is -3.01. The highest BCUT2D eigenvalue weighted by atomic mass is 32.1. The molecule has 2 aromatic carbocycles. The van der Waals surface area contributed by atoms with Gasteiger partial charge in [-0.3, -0.25) is 4.79 Å². The van der Waals surface area contributed by atoms with Gasteiger partial charge in [0.1, 0.15) is 11.3 Å². The van der Waals surface area contributed by atoms with Crippen LogP contribution in [0.15, 0.2) is 45.6 Å². The zero-order chi connectivity index (χ0) is 17.9. The van der Waals surface area contributed by atoms with E-state index in [1.54, 1.807) is 0 Å². The lowest BCUT2D eigenvalue weighted by Crippen LogP contribution is -2.28. The van der Waals surface area contributed by atoms with Crippen LogP contribution in [0.1, 0.15) is 10.4 Å². The molecule has 126 valence electrons. The topological polar surface area (TPSA) is 67.5 Å². The number of carbonyl (C=O) groups is 1. The molecule has 25 heavy (non-hydrogen) atoms. The summed E-state index contributed by atoms with van der Waals surface area (Å²) in [6.07, 6.45) is -5.29. The third kappa shape index (κ3) is 2.29. The van der Waals surface area contributed by atoms with Gasteiger partial charge in [-0.25, -0.2) is 4.79 Å². The van der Waals surface area contributed by atoms with Crippen molar-refractivity contribution in [3.05, 3.63) is 52.4 Å². The van der Waals surface area contributed by atoms with Gasteiger partial charge in [0.15, 0.2) is 5.56 Å². The molecule has 1 N–H and O–H groups in total. The predicted molar refractivity (Wildman–Crippen MR) is 87.4 cm³/mol. The van der Waals surface area contributed by atoms with Crippen LogP contribution in [0.2, 0.25) is 0 Å². The third-order valence-electron chi connectivity index (χ3n) is 3.86. The number of ketones is 1. The van der Waals surface area contributed by atoms with Gasteiger partial charge in [-0.05, 0) is 18.2 Å². The van der Waals surface area contributed by atoms with Crippen LogP contribution in [0.3, 0.4) is 0 Å². The maximum Gasteiger partial charge on any atom is 0.455 e. The van der Waals surface area contributed by atoms with Gasteiger partial charge in [-0.15, -0.1) is 11.3 Å². The molecule has 0 radical (unpaired) electrons. The lowest BCUT2D eigenvalue weighted by atomic mass is 10.1. The number of hydrogen-bond acceptors (Lipinski definition) is 5. The number of alkyl halides is 3. The zero-order valence-electron chi connectivity index (χ0n) is 12.2. The van der Waals surface area contributed by atoms with Crippen molar-refractivity contribution in [2.45, 2.75) is 6.18 Å². The monoisotopic (exact) mass is 364 g/mol. The first-order valence-corrected chi connectivity index (χ1v) is 7.81. The molecule has 0 saturated heterocycles. The lowest BCUT2D eigenvalue weighted by Gasteiger charge is -2.08. The van der Waals surface area contributed by atoms with Crippen molar-refractivity contribution in [2.75, 3.05) is 0 Å². The number of rotatable bonds is 1. The Hall–Kier alpha value is -2.87. The van der Waals surface area contributed by atoms with Crippen molar-refractivity contribution in [3.63, 3.8) is 0 Å². The summed E-state index contributed by atoms with van der Waals surface area (Å²) in [4.78, 5) is 23.2. The molecule has 0 saturated carbocycles. The SMILES string of the molecule is O=C(c1c(O)c2cc3sc4ccccc4c3cc2oc1=O)C(F)(F)F. The van der Waals surface area contributed by atoms with Crippen molar-refractivity contribution in [1.29, 1.82) is 0 Å². The van der Waals surface area contributed by atoms with E-state index in [-0.39, 0.29) is 11.0 Å². The van der Waals surface area contributed by atoms with Gasteiger partial charge in [0, 0.05) is 20.2 Å². The van der Waals surface area contributed by atoms with Crippen LogP contribution in [0, 0.1) is 0 Å². The van der Waals surface area contributed by atoms with E-state index in [9.17, 15) is 27.9 Å². The number of benzene rings is 2. The van der Waals surface area contributed by atoms with E-state index in [1.165, 1.54) is 23.5 Å². The standard InChI is InChI=1S/C17H7F3O4S/c18-17(19,20)15(22)13-14(21)9-6-12-8(5-10(9)24-16(13)23)7-3-1-2-4-11(7)25-12/h1-6,21H. The Morgan fingerprint density at radius 2 is 1.76 bits per heavy atom. The molecule has 0 aliphatic rings. The number of carbonyl (C=O) groups excluding carboxylic acids is 1. The van der Waals surface area contributed by atoms with Crippen LogP contribution in [0.4, 0.5) is 13.2 Å². The Labute approximate surface area is 140 Å². The summed E-state index contributed by atoms with van der Waals surface area (Å²) in [5.74, 6) is -3.45. The molecular weight excluding hydrogens is 357 g/mol. The Morgan fingerprint density at radius 1 is 1.04 bits per heavy atom. The number of halogens is 3. The molecule has 4 rings (SSSR count). The second-order valence-corrected chi connectivity index (χ2v) is 6.47. The van der Waals surface area contributed by atoms with Gasteiger partial charge in [0.2, 0.25) is 0 Å². The summed E-state index contributed by atoms with van der Waals surface area (Å²) in [7, 11) is 0. The van der Waals surface area contributed by atoms with Crippen molar-refractivity contribution in [3.8, 4) is 5.75 Å². The highest BCUT2D eigenvalue weighted by Crippen LogP contribution is 2.39. The summed E-state index contributed by atoms with van der Waals surface area (Å²) in [6, 6.07) is 10.3. The average molecular weight is 364 g/mol. The summed E-state index contributed by atoms with van der Waals surface area (Å²) < 4.78 is 44.4. The third-order valence-corrected chi connectivity index (χ3v) is 5.00. The van der Waals surface area contributed by atoms with E-state index in [0.29, 0.717) is 4.70 Å². The molecule has 2 heterocycles. The normalized spacial score (nSPS) is 12.3. The highest BCUT2D eigenvalue weighted by molar-refractivity contribution is 7.25. The second kappa shape index (κ2) is 5.06. The van der Waals surface area contributed by atoms with Gasteiger partial charge in [0.25, 0.3) is 5.78 Å². The van der Waals surface area contributed by atoms with Gasteiger partial charge < -0.3 is 9.52 Å². The van der Waals surface area contributed by atoms with Crippen molar-refractivity contribution in [2.24, 2.45) is 0 Å². The number of aromatic hydroxyl groups is 1. The summed E-state index contributed by atoms with van der Waals surface area (Å²) >= 11 is 1.37. The maximum atomic E-state index is 12.6. The van der Waals surface area contributed by atoms with Crippen molar-refractivity contribution in [1.82, 2.24) is 0 Å². The molecule has 0 spiro atoms. The Morgan fingerprint density at radius 3 is 2.48 bits per heavy atom. The van der Waals surface area contributed by atoms with Crippen molar-refractivity contribution >= 4 is 48.3 Å². The molecule has 0 bridgehead atoms. The fourth-order valence-corrected chi connectivity index (χ4v) is 3.87. The molecule has 0 amide bonds. The second-order valence-electron chi connectivity index (χ2n) is 5.38. The van der Waals surface area contributed by atoms with E-state index >= 15 is 0 Å². The minimum Gasteiger partial charge on any atom is -0.506 e. The minimum absolute atomic E-state index is 0.0859. The van der Waals surface area contributed by atoms with E-state index in [2.05, 4.69) is 0 Å². The van der Waals surface area contributed by atoms with Crippen molar-refractivity contribution < 1.29 is 27.5 Å². The molecule has 0 aliphatic carbocycles. The predicted octanol–water partition coefficient (Wildman–Crippen LogP) is 4.61. The first kappa shape index (κ1) is 15.6. The zero-order valence-corrected chi connectivity index (χ0v) is 13.0. The molecule has 4 nitrogen and oxygen atoms in total. The molecule has 0 fully saturated rings. The van der Waals surface area contributed by atoms with Gasteiger partial charge in [0.05, 0.1) is 5.39 Å². The fraction of sp³-hybridized carbons (Fsp3) is 0.0588. The van der Waals surface area contributed by atoms with E-state index in [1.807, 2.05) is 24.3 Å². The molecule has 0 atom stereocenters. The first-order valence-electron chi connectivity index (χ1n) is 7.00. The van der Waals surface area contributed by atoms with Crippen LogP contribution >= 0.6 is 11.3 Å². The molecular formula is C17H7F3O4S. The van der Waals surface area contributed by atoms with Crippen LogP contribution < -0.4 is 5.63 Å².